The number of benzene rings is 10. The molecular weight excluding hydrogens is 677 g/mol. The van der Waals surface area contributed by atoms with Gasteiger partial charge < -0.3 is 9.47 Å². The molecule has 56 heavy (non-hydrogen) atoms. The van der Waals surface area contributed by atoms with Crippen molar-refractivity contribution in [2.45, 2.75) is 0 Å². The number of hydrogen-bond acceptors (Lipinski definition) is 1. The van der Waals surface area contributed by atoms with Gasteiger partial charge in [-0.15, -0.1) is 0 Å². The lowest BCUT2D eigenvalue weighted by atomic mass is 9.99. The molecule has 0 spiro atoms. The van der Waals surface area contributed by atoms with E-state index < -0.39 is 0 Å². The zero-order chi connectivity index (χ0) is 37.0. The molecule has 1 aromatic heterocycles. The van der Waals surface area contributed by atoms with Gasteiger partial charge in [-0.05, 0) is 116 Å². The van der Waals surface area contributed by atoms with E-state index in [0.29, 0.717) is 0 Å². The van der Waals surface area contributed by atoms with Crippen LogP contribution in [-0.4, -0.2) is 4.57 Å². The van der Waals surface area contributed by atoms with Crippen molar-refractivity contribution in [3.63, 3.8) is 0 Å². The fraction of sp³-hybridized carbons (Fsp3) is 0. The SMILES string of the molecule is c1ccc(N(c2ccc(-c3ccc4ccccc4c3)cc2)c2ccc3cc(-c4ccc(-n5c6ccccc6c6ccc7ccccc7c65)cc4)ccc3c2)cc1. The molecule has 2 nitrogen and oxygen atoms in total. The average Bonchev–Trinajstić information content (AvgIpc) is 3.62. The van der Waals surface area contributed by atoms with E-state index in [4.69, 9.17) is 0 Å². The fourth-order valence-electron chi connectivity index (χ4n) is 8.55. The number of aromatic nitrogens is 1. The maximum atomic E-state index is 2.42. The van der Waals surface area contributed by atoms with Crippen molar-refractivity contribution < 1.29 is 0 Å². The first-order chi connectivity index (χ1) is 27.7. The van der Waals surface area contributed by atoms with Crippen LogP contribution in [0.2, 0.25) is 0 Å². The first-order valence-corrected chi connectivity index (χ1v) is 19.3. The summed E-state index contributed by atoms with van der Waals surface area (Å²) in [5.41, 5.74) is 11.8. The summed E-state index contributed by atoms with van der Waals surface area (Å²) in [5.74, 6) is 0. The van der Waals surface area contributed by atoms with E-state index in [1.807, 2.05) is 0 Å². The van der Waals surface area contributed by atoms with Gasteiger partial charge in [0, 0.05) is 38.9 Å². The Balaban J connectivity index is 0.932. The van der Waals surface area contributed by atoms with Crippen LogP contribution in [0.3, 0.4) is 0 Å². The minimum absolute atomic E-state index is 1.12. The quantitative estimate of drug-likeness (QED) is 0.167. The molecule has 0 fully saturated rings. The summed E-state index contributed by atoms with van der Waals surface area (Å²) < 4.78 is 2.42. The molecule has 10 aromatic carbocycles. The van der Waals surface area contributed by atoms with Gasteiger partial charge in [-0.1, -0.05) is 152 Å². The number of fused-ring (bicyclic) bond motifs is 7. The number of rotatable bonds is 6. The maximum absolute atomic E-state index is 2.42. The third-order valence-electron chi connectivity index (χ3n) is 11.3. The predicted molar refractivity (Wildman–Crippen MR) is 239 cm³/mol. The second-order valence-electron chi connectivity index (χ2n) is 14.6. The number of anilines is 3. The minimum atomic E-state index is 1.12. The van der Waals surface area contributed by atoms with Gasteiger partial charge >= 0.3 is 0 Å². The van der Waals surface area contributed by atoms with Gasteiger partial charge in [-0.2, -0.15) is 0 Å². The summed E-state index contributed by atoms with van der Waals surface area (Å²) in [6.07, 6.45) is 0. The number of nitrogens with zero attached hydrogens (tertiary/aromatic N) is 2. The zero-order valence-corrected chi connectivity index (χ0v) is 30.7. The molecule has 0 aliphatic heterocycles. The van der Waals surface area contributed by atoms with Gasteiger partial charge in [0.2, 0.25) is 0 Å². The summed E-state index contributed by atoms with van der Waals surface area (Å²) in [5, 5.41) is 10.00. The lowest BCUT2D eigenvalue weighted by Crippen LogP contribution is -2.09. The van der Waals surface area contributed by atoms with Crippen molar-refractivity contribution in [2.24, 2.45) is 0 Å². The molecule has 11 aromatic rings. The molecule has 11 rings (SSSR count). The van der Waals surface area contributed by atoms with Gasteiger partial charge in [-0.3, -0.25) is 0 Å². The van der Waals surface area contributed by atoms with Crippen molar-refractivity contribution in [1.29, 1.82) is 0 Å². The van der Waals surface area contributed by atoms with E-state index in [9.17, 15) is 0 Å². The normalized spacial score (nSPS) is 11.6. The molecule has 0 amide bonds. The first-order valence-electron chi connectivity index (χ1n) is 19.3. The molecule has 0 N–H and O–H groups in total. The second kappa shape index (κ2) is 13.2. The van der Waals surface area contributed by atoms with E-state index in [1.54, 1.807) is 0 Å². The lowest BCUT2D eigenvalue weighted by Gasteiger charge is -2.26. The van der Waals surface area contributed by atoms with Gasteiger partial charge in [0.1, 0.15) is 0 Å². The third-order valence-corrected chi connectivity index (χ3v) is 11.3. The van der Waals surface area contributed by atoms with E-state index in [0.717, 1.165) is 22.7 Å². The van der Waals surface area contributed by atoms with Gasteiger partial charge in [-0.25, -0.2) is 0 Å². The Morgan fingerprint density at radius 1 is 0.286 bits per heavy atom. The largest absolute Gasteiger partial charge is 0.310 e. The van der Waals surface area contributed by atoms with E-state index in [-0.39, 0.29) is 0 Å². The lowest BCUT2D eigenvalue weighted by molar-refractivity contribution is 1.19. The van der Waals surface area contributed by atoms with Gasteiger partial charge in [0.25, 0.3) is 0 Å². The van der Waals surface area contributed by atoms with Crippen LogP contribution in [-0.2, 0) is 0 Å². The molecule has 0 bridgehead atoms. The Labute approximate surface area is 325 Å². The summed E-state index contributed by atoms with van der Waals surface area (Å²) in [4.78, 5) is 2.34. The summed E-state index contributed by atoms with van der Waals surface area (Å²) >= 11 is 0. The van der Waals surface area contributed by atoms with Crippen LogP contribution in [0.15, 0.2) is 218 Å². The minimum Gasteiger partial charge on any atom is -0.310 e. The molecule has 1 heterocycles. The number of para-hydroxylation sites is 2. The Hall–Kier alpha value is -7.42. The highest BCUT2D eigenvalue weighted by atomic mass is 15.1. The van der Waals surface area contributed by atoms with Crippen molar-refractivity contribution >= 4 is 71.2 Å². The first kappa shape index (κ1) is 32.0. The summed E-state index contributed by atoms with van der Waals surface area (Å²) in [6, 6.07) is 79.4. The highest BCUT2D eigenvalue weighted by Gasteiger charge is 2.16. The standard InChI is InChI=1S/C54H36N2/c1-2-13-46(14-3-1)55(47-28-22-38(23-29-47)42-19-18-37-10-4-5-12-41(37)34-42)49-32-26-44-35-43(20-21-45(44)36-49)39-24-30-48(31-25-39)56-53-17-9-8-16-51(53)52-33-27-40-11-6-7-15-50(40)54(52)56/h1-36H. The van der Waals surface area contributed by atoms with Crippen LogP contribution >= 0.6 is 0 Å². The van der Waals surface area contributed by atoms with E-state index in [1.165, 1.54) is 76.4 Å². The molecule has 0 atom stereocenters. The molecule has 2 heteroatoms. The Bertz CT molecular complexity index is 3230. The van der Waals surface area contributed by atoms with Crippen LogP contribution in [0.4, 0.5) is 17.1 Å². The Morgan fingerprint density at radius 2 is 0.786 bits per heavy atom. The molecule has 0 aliphatic carbocycles. The zero-order valence-electron chi connectivity index (χ0n) is 30.7. The molecule has 0 saturated heterocycles. The van der Waals surface area contributed by atoms with Gasteiger partial charge in [0.05, 0.1) is 11.0 Å². The van der Waals surface area contributed by atoms with Crippen LogP contribution in [0.25, 0.3) is 82.1 Å². The molecule has 0 saturated carbocycles. The molecule has 0 aliphatic rings. The summed E-state index contributed by atoms with van der Waals surface area (Å²) in [6.45, 7) is 0. The van der Waals surface area contributed by atoms with Crippen molar-refractivity contribution in [3.05, 3.63) is 218 Å². The smallest absolute Gasteiger partial charge is 0.0619 e. The molecule has 262 valence electrons. The molecule has 0 unspecified atom stereocenters. The van der Waals surface area contributed by atoms with Crippen molar-refractivity contribution in [2.75, 3.05) is 4.90 Å². The van der Waals surface area contributed by atoms with Crippen LogP contribution < -0.4 is 4.90 Å². The topological polar surface area (TPSA) is 8.17 Å². The third kappa shape index (κ3) is 5.42. The van der Waals surface area contributed by atoms with E-state index in [2.05, 4.69) is 228 Å². The van der Waals surface area contributed by atoms with Crippen molar-refractivity contribution in [3.8, 4) is 27.9 Å². The monoisotopic (exact) mass is 712 g/mol. The van der Waals surface area contributed by atoms with E-state index >= 15 is 0 Å². The van der Waals surface area contributed by atoms with Gasteiger partial charge in [0.15, 0.2) is 0 Å². The molecular formula is C54H36N2. The predicted octanol–water partition coefficient (Wildman–Crippen LogP) is 15.0. The summed E-state index contributed by atoms with van der Waals surface area (Å²) in [7, 11) is 0. The maximum Gasteiger partial charge on any atom is 0.0619 e. The number of hydrogen-bond donors (Lipinski definition) is 0. The van der Waals surface area contributed by atoms with Crippen LogP contribution in [0.1, 0.15) is 0 Å². The average molecular weight is 713 g/mol. The molecule has 0 radical (unpaired) electrons. The fourth-order valence-corrected chi connectivity index (χ4v) is 8.55. The highest BCUT2D eigenvalue weighted by molar-refractivity contribution is 6.18. The van der Waals surface area contributed by atoms with Crippen molar-refractivity contribution in [1.82, 2.24) is 4.57 Å². The second-order valence-corrected chi connectivity index (χ2v) is 14.6. The Kier molecular flexibility index (Phi) is 7.53. The highest BCUT2D eigenvalue weighted by Crippen LogP contribution is 2.39. The Morgan fingerprint density at radius 3 is 1.55 bits per heavy atom. The van der Waals surface area contributed by atoms with Crippen LogP contribution in [0.5, 0.6) is 0 Å². The van der Waals surface area contributed by atoms with Crippen LogP contribution in [0, 0.1) is 0 Å².